The maximum absolute atomic E-state index is 6.41. The molecule has 2 atom stereocenters. The molecule has 120 valence electrons. The first kappa shape index (κ1) is 16.8. The van der Waals surface area contributed by atoms with Crippen LogP contribution in [0.3, 0.4) is 0 Å². The molecule has 22 heavy (non-hydrogen) atoms. The van der Waals surface area contributed by atoms with E-state index in [1.165, 1.54) is 0 Å². The Balaban J connectivity index is 0.00000176. The van der Waals surface area contributed by atoms with Gasteiger partial charge < -0.3 is 15.0 Å². The number of hydrogen-bond acceptors (Lipinski definition) is 5. The van der Waals surface area contributed by atoms with E-state index in [0.29, 0.717) is 11.7 Å². The van der Waals surface area contributed by atoms with E-state index in [4.69, 9.17) is 15.0 Å². The van der Waals surface area contributed by atoms with Crippen LogP contribution in [0.4, 0.5) is 0 Å². The normalized spacial score (nSPS) is 24.6. The average molecular weight is 324 g/mol. The minimum absolute atomic E-state index is 0. The zero-order chi connectivity index (χ0) is 14.9. The average Bonchev–Trinajstić information content (AvgIpc) is 2.96. The lowest BCUT2D eigenvalue weighted by Crippen LogP contribution is -2.44. The summed E-state index contributed by atoms with van der Waals surface area (Å²) in [4.78, 5) is 4.57. The molecule has 0 bridgehead atoms. The van der Waals surface area contributed by atoms with Crippen LogP contribution in [0, 0.1) is 0 Å². The number of ether oxygens (including phenoxy) is 1. The molecule has 3 rings (SSSR count). The molecule has 1 aromatic heterocycles. The summed E-state index contributed by atoms with van der Waals surface area (Å²) in [5.41, 5.74) is 6.97. The molecular formula is C16H22ClN3O2. The van der Waals surface area contributed by atoms with Gasteiger partial charge in [0.1, 0.15) is 5.75 Å². The lowest BCUT2D eigenvalue weighted by atomic mass is 9.74. The van der Waals surface area contributed by atoms with Crippen LogP contribution in [-0.4, -0.2) is 22.8 Å². The van der Waals surface area contributed by atoms with Gasteiger partial charge in [-0.2, -0.15) is 4.98 Å². The van der Waals surface area contributed by atoms with Crippen LogP contribution in [0.2, 0.25) is 0 Å². The number of hydrogen-bond donors (Lipinski definition) is 1. The molecule has 2 N–H and O–H groups in total. The summed E-state index contributed by atoms with van der Waals surface area (Å²) in [6.07, 6.45) is 4.31. The van der Waals surface area contributed by atoms with Crippen molar-refractivity contribution < 1.29 is 9.26 Å². The highest BCUT2D eigenvalue weighted by molar-refractivity contribution is 5.85. The molecular weight excluding hydrogens is 302 g/mol. The molecule has 1 fully saturated rings. The molecule has 2 unspecified atom stereocenters. The minimum atomic E-state index is -0.275. The van der Waals surface area contributed by atoms with Crippen LogP contribution in [-0.2, 0) is 0 Å². The van der Waals surface area contributed by atoms with Crippen molar-refractivity contribution in [2.75, 3.05) is 7.11 Å². The summed E-state index contributed by atoms with van der Waals surface area (Å²) < 4.78 is 10.8. The Hall–Kier alpha value is -1.59. The zero-order valence-electron chi connectivity index (χ0n) is 12.9. The summed E-state index contributed by atoms with van der Waals surface area (Å²) in [5.74, 6) is 2.07. The fraction of sp³-hybridized carbons (Fsp3) is 0.500. The lowest BCUT2D eigenvalue weighted by Gasteiger charge is -2.35. The predicted molar refractivity (Wildman–Crippen MR) is 87.3 cm³/mol. The van der Waals surface area contributed by atoms with Crippen molar-refractivity contribution in [3.05, 3.63) is 30.2 Å². The molecule has 0 amide bonds. The number of para-hydroxylation sites is 1. The van der Waals surface area contributed by atoms with E-state index in [0.717, 1.165) is 37.0 Å². The molecule has 5 nitrogen and oxygen atoms in total. The second-order valence-electron chi connectivity index (χ2n) is 5.96. The molecule has 0 saturated heterocycles. The number of halogens is 1. The molecule has 0 radical (unpaired) electrons. The van der Waals surface area contributed by atoms with Crippen LogP contribution >= 0.6 is 12.4 Å². The topological polar surface area (TPSA) is 74.2 Å². The monoisotopic (exact) mass is 323 g/mol. The molecule has 1 aromatic carbocycles. The van der Waals surface area contributed by atoms with Gasteiger partial charge in [0, 0.05) is 5.54 Å². The third kappa shape index (κ3) is 3.10. The standard InChI is InChI=1S/C16H21N3O2.ClH/c1-16(17)10-6-5-8-12(16)15-18-14(19-21-15)11-7-3-4-9-13(11)20-2;/h3-4,7,9,12H,5-6,8,10,17H2,1-2H3;1H. The van der Waals surface area contributed by atoms with E-state index in [9.17, 15) is 0 Å². The largest absolute Gasteiger partial charge is 0.496 e. The zero-order valence-corrected chi connectivity index (χ0v) is 13.7. The van der Waals surface area contributed by atoms with Crippen molar-refractivity contribution in [1.82, 2.24) is 10.1 Å². The van der Waals surface area contributed by atoms with E-state index >= 15 is 0 Å². The van der Waals surface area contributed by atoms with Crippen molar-refractivity contribution in [3.8, 4) is 17.1 Å². The van der Waals surface area contributed by atoms with Gasteiger partial charge in [0.15, 0.2) is 0 Å². The Morgan fingerprint density at radius 2 is 2.09 bits per heavy atom. The minimum Gasteiger partial charge on any atom is -0.496 e. The van der Waals surface area contributed by atoms with Crippen LogP contribution in [0.15, 0.2) is 28.8 Å². The summed E-state index contributed by atoms with van der Waals surface area (Å²) in [5, 5.41) is 4.11. The summed E-state index contributed by atoms with van der Waals surface area (Å²) in [6, 6.07) is 7.66. The number of nitrogens with zero attached hydrogens (tertiary/aromatic N) is 2. The third-order valence-electron chi connectivity index (χ3n) is 4.34. The first-order valence-electron chi connectivity index (χ1n) is 7.38. The molecule has 1 saturated carbocycles. The van der Waals surface area contributed by atoms with Gasteiger partial charge in [0.2, 0.25) is 11.7 Å². The van der Waals surface area contributed by atoms with Crippen molar-refractivity contribution in [1.29, 1.82) is 0 Å². The molecule has 2 aromatic rings. The summed E-state index contributed by atoms with van der Waals surface area (Å²) in [7, 11) is 1.64. The van der Waals surface area contributed by atoms with Crippen molar-refractivity contribution in [3.63, 3.8) is 0 Å². The fourth-order valence-corrected chi connectivity index (χ4v) is 3.08. The van der Waals surface area contributed by atoms with Gasteiger partial charge in [-0.05, 0) is 31.9 Å². The molecule has 0 spiro atoms. The number of methoxy groups -OCH3 is 1. The van der Waals surface area contributed by atoms with E-state index in [1.807, 2.05) is 24.3 Å². The number of benzene rings is 1. The Morgan fingerprint density at radius 3 is 2.82 bits per heavy atom. The summed E-state index contributed by atoms with van der Waals surface area (Å²) >= 11 is 0. The maximum Gasteiger partial charge on any atom is 0.231 e. The van der Waals surface area contributed by atoms with Gasteiger partial charge in [-0.3, -0.25) is 0 Å². The SMILES string of the molecule is COc1ccccc1-c1noc(C2CCCCC2(C)N)n1.Cl. The van der Waals surface area contributed by atoms with Crippen LogP contribution in [0.5, 0.6) is 5.75 Å². The van der Waals surface area contributed by atoms with Crippen molar-refractivity contribution >= 4 is 12.4 Å². The molecule has 1 aliphatic rings. The molecule has 1 heterocycles. The van der Waals surface area contributed by atoms with Crippen molar-refractivity contribution in [2.24, 2.45) is 5.73 Å². The van der Waals surface area contributed by atoms with Gasteiger partial charge >= 0.3 is 0 Å². The number of rotatable bonds is 3. The van der Waals surface area contributed by atoms with E-state index in [-0.39, 0.29) is 23.9 Å². The van der Waals surface area contributed by atoms with Gasteiger partial charge in [-0.25, -0.2) is 0 Å². The quantitative estimate of drug-likeness (QED) is 0.935. The highest BCUT2D eigenvalue weighted by atomic mass is 35.5. The van der Waals surface area contributed by atoms with Crippen LogP contribution < -0.4 is 10.5 Å². The first-order chi connectivity index (χ1) is 10.1. The van der Waals surface area contributed by atoms with Crippen LogP contribution in [0.25, 0.3) is 11.4 Å². The Bertz CT molecular complexity index is 627. The van der Waals surface area contributed by atoms with Gasteiger partial charge in [-0.15, -0.1) is 12.4 Å². The molecule has 0 aliphatic heterocycles. The molecule has 1 aliphatic carbocycles. The van der Waals surface area contributed by atoms with E-state index in [2.05, 4.69) is 17.1 Å². The highest BCUT2D eigenvalue weighted by Crippen LogP contribution is 2.39. The lowest BCUT2D eigenvalue weighted by molar-refractivity contribution is 0.223. The van der Waals surface area contributed by atoms with Crippen molar-refractivity contribution in [2.45, 2.75) is 44.1 Å². The number of aromatic nitrogens is 2. The van der Waals surface area contributed by atoms with Gasteiger partial charge in [0.25, 0.3) is 0 Å². The smallest absolute Gasteiger partial charge is 0.231 e. The Kier molecular flexibility index (Phi) is 5.08. The van der Waals surface area contributed by atoms with Crippen LogP contribution in [0.1, 0.15) is 44.4 Å². The summed E-state index contributed by atoms with van der Waals surface area (Å²) in [6.45, 7) is 2.07. The van der Waals surface area contributed by atoms with Gasteiger partial charge in [-0.1, -0.05) is 30.1 Å². The highest BCUT2D eigenvalue weighted by Gasteiger charge is 2.37. The second kappa shape index (κ2) is 6.67. The third-order valence-corrected chi connectivity index (χ3v) is 4.34. The Labute approximate surface area is 136 Å². The molecule has 6 heteroatoms. The first-order valence-corrected chi connectivity index (χ1v) is 7.38. The predicted octanol–water partition coefficient (Wildman–Crippen LogP) is 3.54. The van der Waals surface area contributed by atoms with Gasteiger partial charge in [0.05, 0.1) is 18.6 Å². The van der Waals surface area contributed by atoms with E-state index < -0.39 is 0 Å². The Morgan fingerprint density at radius 1 is 1.32 bits per heavy atom. The fourth-order valence-electron chi connectivity index (χ4n) is 3.08. The number of nitrogens with two attached hydrogens (primary N) is 1. The van der Waals surface area contributed by atoms with E-state index in [1.54, 1.807) is 7.11 Å². The maximum atomic E-state index is 6.41. The second-order valence-corrected chi connectivity index (χ2v) is 5.96.